The third-order valence-corrected chi connectivity index (χ3v) is 3.46. The Bertz CT molecular complexity index is 393. The molecule has 0 radical (unpaired) electrons. The molecule has 1 aliphatic carbocycles. The minimum Gasteiger partial charge on any atom is -0.0805 e. The van der Waals surface area contributed by atoms with Gasteiger partial charge in [-0.15, -0.1) is 0 Å². The van der Waals surface area contributed by atoms with Crippen LogP contribution in [0.3, 0.4) is 0 Å². The Morgan fingerprint density at radius 1 is 0.941 bits per heavy atom. The molecule has 17 heavy (non-hydrogen) atoms. The SMILES string of the molecule is CCc1ccc(CCCCC2=CCC=C2)cc1. The normalized spacial score (nSPS) is 14.1. The van der Waals surface area contributed by atoms with E-state index in [-0.39, 0.29) is 0 Å². The third kappa shape index (κ3) is 3.89. The van der Waals surface area contributed by atoms with Crippen LogP contribution in [-0.2, 0) is 12.8 Å². The first-order valence-corrected chi connectivity index (χ1v) is 6.82. The van der Waals surface area contributed by atoms with Crippen LogP contribution in [0.15, 0.2) is 48.1 Å². The average molecular weight is 226 g/mol. The molecule has 0 saturated heterocycles. The number of allylic oxidation sites excluding steroid dienone is 4. The van der Waals surface area contributed by atoms with E-state index in [1.807, 2.05) is 0 Å². The summed E-state index contributed by atoms with van der Waals surface area (Å²) in [7, 11) is 0. The Balaban J connectivity index is 1.68. The first kappa shape index (κ1) is 12.2. The minimum atomic E-state index is 1.14. The quantitative estimate of drug-likeness (QED) is 0.608. The molecule has 0 N–H and O–H groups in total. The minimum absolute atomic E-state index is 1.14. The number of aryl methyl sites for hydroxylation is 2. The van der Waals surface area contributed by atoms with Gasteiger partial charge in [0.25, 0.3) is 0 Å². The van der Waals surface area contributed by atoms with E-state index in [1.54, 1.807) is 0 Å². The van der Waals surface area contributed by atoms with Gasteiger partial charge in [-0.25, -0.2) is 0 Å². The lowest BCUT2D eigenvalue weighted by Crippen LogP contribution is -1.88. The summed E-state index contributed by atoms with van der Waals surface area (Å²) in [5, 5.41) is 0. The van der Waals surface area contributed by atoms with Gasteiger partial charge in [0.05, 0.1) is 0 Å². The van der Waals surface area contributed by atoms with Gasteiger partial charge in [0.2, 0.25) is 0 Å². The largest absolute Gasteiger partial charge is 0.0805 e. The zero-order chi connectivity index (χ0) is 11.9. The molecule has 90 valence electrons. The molecule has 0 atom stereocenters. The molecule has 0 saturated carbocycles. The van der Waals surface area contributed by atoms with Gasteiger partial charge >= 0.3 is 0 Å². The van der Waals surface area contributed by atoms with Crippen LogP contribution in [-0.4, -0.2) is 0 Å². The summed E-state index contributed by atoms with van der Waals surface area (Å²) < 4.78 is 0. The van der Waals surface area contributed by atoms with Crippen LogP contribution in [0.2, 0.25) is 0 Å². The van der Waals surface area contributed by atoms with Crippen molar-refractivity contribution in [1.82, 2.24) is 0 Å². The first-order chi connectivity index (χ1) is 8.38. The summed E-state index contributed by atoms with van der Waals surface area (Å²) in [6.45, 7) is 2.21. The number of hydrogen-bond acceptors (Lipinski definition) is 0. The van der Waals surface area contributed by atoms with Gasteiger partial charge in [0.15, 0.2) is 0 Å². The monoisotopic (exact) mass is 226 g/mol. The van der Waals surface area contributed by atoms with E-state index in [0.717, 1.165) is 12.8 Å². The molecular weight excluding hydrogens is 204 g/mol. The van der Waals surface area contributed by atoms with Crippen molar-refractivity contribution in [3.63, 3.8) is 0 Å². The summed E-state index contributed by atoms with van der Waals surface area (Å²) in [5.74, 6) is 0. The Morgan fingerprint density at radius 3 is 2.29 bits per heavy atom. The topological polar surface area (TPSA) is 0 Å². The van der Waals surface area contributed by atoms with Gasteiger partial charge in [0, 0.05) is 0 Å². The van der Waals surface area contributed by atoms with Crippen molar-refractivity contribution in [1.29, 1.82) is 0 Å². The van der Waals surface area contributed by atoms with Crippen LogP contribution < -0.4 is 0 Å². The fourth-order valence-corrected chi connectivity index (χ4v) is 2.29. The highest BCUT2D eigenvalue weighted by molar-refractivity contribution is 5.26. The number of benzene rings is 1. The predicted octanol–water partition coefficient (Wildman–Crippen LogP) is 4.85. The Hall–Kier alpha value is -1.30. The molecular formula is C17H22. The second-order valence-corrected chi connectivity index (χ2v) is 4.79. The Labute approximate surface area is 105 Å². The van der Waals surface area contributed by atoms with Gasteiger partial charge in [-0.3, -0.25) is 0 Å². The van der Waals surface area contributed by atoms with Gasteiger partial charge in [-0.05, 0) is 49.7 Å². The van der Waals surface area contributed by atoms with Gasteiger partial charge < -0.3 is 0 Å². The molecule has 0 aromatic heterocycles. The summed E-state index contributed by atoms with van der Waals surface area (Å²) in [6.07, 6.45) is 14.2. The van der Waals surface area contributed by atoms with Crippen LogP contribution in [0.25, 0.3) is 0 Å². The van der Waals surface area contributed by atoms with Crippen LogP contribution in [0.1, 0.15) is 43.7 Å². The molecule has 0 nitrogen and oxygen atoms in total. The maximum atomic E-state index is 2.34. The number of hydrogen-bond donors (Lipinski definition) is 0. The van der Waals surface area contributed by atoms with Crippen molar-refractivity contribution < 1.29 is 0 Å². The molecule has 0 fully saturated rings. The van der Waals surface area contributed by atoms with Gasteiger partial charge in [-0.1, -0.05) is 55.0 Å². The van der Waals surface area contributed by atoms with Crippen molar-refractivity contribution in [3.8, 4) is 0 Å². The molecule has 0 spiro atoms. The zero-order valence-corrected chi connectivity index (χ0v) is 10.8. The highest BCUT2D eigenvalue weighted by atomic mass is 14.0. The summed E-state index contributed by atoms with van der Waals surface area (Å²) >= 11 is 0. The van der Waals surface area contributed by atoms with Crippen molar-refractivity contribution in [2.45, 2.75) is 45.4 Å². The van der Waals surface area contributed by atoms with E-state index in [2.05, 4.69) is 49.4 Å². The van der Waals surface area contributed by atoms with Gasteiger partial charge in [-0.2, -0.15) is 0 Å². The molecule has 0 heteroatoms. The lowest BCUT2D eigenvalue weighted by Gasteiger charge is -2.03. The van der Waals surface area contributed by atoms with Crippen molar-refractivity contribution in [2.24, 2.45) is 0 Å². The van der Waals surface area contributed by atoms with E-state index < -0.39 is 0 Å². The van der Waals surface area contributed by atoms with Crippen LogP contribution in [0.5, 0.6) is 0 Å². The first-order valence-electron chi connectivity index (χ1n) is 6.82. The van der Waals surface area contributed by atoms with E-state index in [0.29, 0.717) is 0 Å². The smallest absolute Gasteiger partial charge is 0.0160 e. The van der Waals surface area contributed by atoms with Crippen LogP contribution in [0, 0.1) is 0 Å². The second-order valence-electron chi connectivity index (χ2n) is 4.79. The fourth-order valence-electron chi connectivity index (χ4n) is 2.29. The summed E-state index contributed by atoms with van der Waals surface area (Å²) in [4.78, 5) is 0. The molecule has 0 unspecified atom stereocenters. The van der Waals surface area contributed by atoms with Crippen molar-refractivity contribution in [3.05, 3.63) is 59.2 Å². The maximum absolute atomic E-state index is 2.34. The standard InChI is InChI=1S/C17H22/c1-2-15-11-13-17(14-12-15)10-6-5-9-16-7-3-4-8-16/h3,7-8,11-14H,2,4-6,9-10H2,1H3. The number of rotatable bonds is 6. The molecule has 1 aromatic rings. The highest BCUT2D eigenvalue weighted by Crippen LogP contribution is 2.17. The highest BCUT2D eigenvalue weighted by Gasteiger charge is 1.98. The summed E-state index contributed by atoms with van der Waals surface area (Å²) in [6, 6.07) is 9.09. The van der Waals surface area contributed by atoms with Crippen LogP contribution in [0.4, 0.5) is 0 Å². The molecule has 0 aliphatic heterocycles. The number of unbranched alkanes of at least 4 members (excludes halogenated alkanes) is 1. The zero-order valence-electron chi connectivity index (χ0n) is 10.8. The summed E-state index contributed by atoms with van der Waals surface area (Å²) in [5.41, 5.74) is 4.46. The van der Waals surface area contributed by atoms with Crippen molar-refractivity contribution >= 4 is 0 Å². The van der Waals surface area contributed by atoms with E-state index in [9.17, 15) is 0 Å². The second kappa shape index (κ2) is 6.44. The van der Waals surface area contributed by atoms with Gasteiger partial charge in [0.1, 0.15) is 0 Å². The molecule has 1 aliphatic rings. The van der Waals surface area contributed by atoms with Crippen molar-refractivity contribution in [2.75, 3.05) is 0 Å². The van der Waals surface area contributed by atoms with E-state index >= 15 is 0 Å². The molecule has 0 bridgehead atoms. The lowest BCUT2D eigenvalue weighted by atomic mass is 10.0. The van der Waals surface area contributed by atoms with E-state index in [4.69, 9.17) is 0 Å². The lowest BCUT2D eigenvalue weighted by molar-refractivity contribution is 0.736. The van der Waals surface area contributed by atoms with Crippen LogP contribution >= 0.6 is 0 Å². The average Bonchev–Trinajstić information content (AvgIpc) is 2.88. The fraction of sp³-hybridized carbons (Fsp3) is 0.412. The maximum Gasteiger partial charge on any atom is -0.0160 e. The molecule has 2 rings (SSSR count). The van der Waals surface area contributed by atoms with E-state index in [1.165, 1.54) is 42.4 Å². The third-order valence-electron chi connectivity index (χ3n) is 3.46. The Kier molecular flexibility index (Phi) is 4.61. The molecule has 0 amide bonds. The molecule has 1 aromatic carbocycles. The molecule has 0 heterocycles. The predicted molar refractivity (Wildman–Crippen MR) is 75.2 cm³/mol. The Morgan fingerprint density at radius 2 is 1.65 bits per heavy atom.